The second-order valence-electron chi connectivity index (χ2n) is 5.80. The van der Waals surface area contributed by atoms with Crippen LogP contribution in [0.1, 0.15) is 18.7 Å². The van der Waals surface area contributed by atoms with Crippen molar-refractivity contribution < 1.29 is 17.6 Å². The molecule has 0 bridgehead atoms. The Labute approximate surface area is 139 Å². The molecule has 0 aliphatic carbocycles. The monoisotopic (exact) mass is 350 g/mol. The molecule has 0 aromatic carbocycles. The number of rotatable bonds is 5. The quantitative estimate of drug-likeness (QED) is 0.781. The maximum Gasteiger partial charge on any atom is 0.247 e. The van der Waals surface area contributed by atoms with Gasteiger partial charge in [0.05, 0.1) is 11.5 Å². The summed E-state index contributed by atoms with van der Waals surface area (Å²) in [5.41, 5.74) is 0.767. The summed E-state index contributed by atoms with van der Waals surface area (Å²) in [4.78, 5) is 17.7. The van der Waals surface area contributed by atoms with E-state index in [1.165, 1.54) is 4.90 Å². The van der Waals surface area contributed by atoms with Gasteiger partial charge in [-0.1, -0.05) is 0 Å². The van der Waals surface area contributed by atoms with Crippen LogP contribution < -0.4 is 0 Å². The van der Waals surface area contributed by atoms with Crippen molar-refractivity contribution in [2.75, 3.05) is 18.6 Å². The topological polar surface area (TPSA) is 106 Å². The largest absolute Gasteiger partial charge is 0.421 e. The molecule has 1 saturated heterocycles. The van der Waals surface area contributed by atoms with E-state index in [2.05, 4.69) is 15.2 Å². The third-order valence-corrected chi connectivity index (χ3v) is 5.85. The molecule has 24 heavy (non-hydrogen) atoms. The molecule has 2 aromatic rings. The van der Waals surface area contributed by atoms with E-state index >= 15 is 0 Å². The van der Waals surface area contributed by atoms with Crippen molar-refractivity contribution in [1.82, 2.24) is 20.1 Å². The molecule has 0 saturated carbocycles. The molecule has 1 atom stereocenters. The van der Waals surface area contributed by atoms with Gasteiger partial charge in [0.25, 0.3) is 0 Å². The highest BCUT2D eigenvalue weighted by Gasteiger charge is 2.32. The number of amides is 1. The average molecular weight is 350 g/mol. The molecule has 9 heteroatoms. The first-order chi connectivity index (χ1) is 11.4. The fourth-order valence-corrected chi connectivity index (χ4v) is 4.41. The normalized spacial score (nSPS) is 19.3. The zero-order chi connectivity index (χ0) is 17.2. The predicted molar refractivity (Wildman–Crippen MR) is 85.7 cm³/mol. The number of aromatic nitrogens is 3. The molecule has 0 radical (unpaired) electrons. The summed E-state index contributed by atoms with van der Waals surface area (Å²) >= 11 is 0. The van der Waals surface area contributed by atoms with Crippen LogP contribution in [-0.2, 0) is 21.1 Å². The van der Waals surface area contributed by atoms with Gasteiger partial charge in [-0.2, -0.15) is 0 Å². The van der Waals surface area contributed by atoms with Gasteiger partial charge >= 0.3 is 0 Å². The minimum atomic E-state index is -3.01. The van der Waals surface area contributed by atoms with E-state index < -0.39 is 9.84 Å². The fourth-order valence-electron chi connectivity index (χ4n) is 2.64. The maximum absolute atomic E-state index is 12.2. The van der Waals surface area contributed by atoms with Crippen molar-refractivity contribution >= 4 is 15.7 Å². The van der Waals surface area contributed by atoms with Gasteiger partial charge in [-0.15, -0.1) is 10.2 Å². The Hall–Kier alpha value is -2.29. The van der Waals surface area contributed by atoms with Gasteiger partial charge in [0, 0.05) is 43.9 Å². The van der Waals surface area contributed by atoms with Crippen molar-refractivity contribution in [1.29, 1.82) is 0 Å². The predicted octanol–water partition coefficient (Wildman–Crippen LogP) is 0.710. The van der Waals surface area contributed by atoms with Crippen LogP contribution >= 0.6 is 0 Å². The van der Waals surface area contributed by atoms with Crippen LogP contribution in [0.15, 0.2) is 28.9 Å². The molecule has 1 aliphatic rings. The lowest BCUT2D eigenvalue weighted by molar-refractivity contribution is -0.131. The van der Waals surface area contributed by atoms with Crippen molar-refractivity contribution in [2.24, 2.45) is 0 Å². The van der Waals surface area contributed by atoms with Gasteiger partial charge in [0.2, 0.25) is 17.7 Å². The van der Waals surface area contributed by atoms with Crippen LogP contribution in [-0.4, -0.2) is 59.0 Å². The third-order valence-electron chi connectivity index (χ3n) is 4.10. The Morgan fingerprint density at radius 1 is 1.33 bits per heavy atom. The molecule has 2 aromatic heterocycles. The fraction of sp³-hybridized carbons (Fsp3) is 0.467. The highest BCUT2D eigenvalue weighted by atomic mass is 32.2. The standard InChI is InChI=1S/C15H18N4O4S/c1-19(12-6-9-24(21,22)10-12)14(20)3-2-13-17-18-15(23-13)11-4-7-16-8-5-11/h4-5,7-8,12H,2-3,6,9-10H2,1H3. The van der Waals surface area contributed by atoms with Crippen LogP contribution in [0, 0.1) is 0 Å². The highest BCUT2D eigenvalue weighted by Crippen LogP contribution is 2.19. The summed E-state index contributed by atoms with van der Waals surface area (Å²) in [5, 5.41) is 7.90. The molecule has 1 unspecified atom stereocenters. The van der Waals surface area contributed by atoms with E-state index in [4.69, 9.17) is 4.42 Å². The molecule has 0 N–H and O–H groups in total. The zero-order valence-corrected chi connectivity index (χ0v) is 14.1. The van der Waals surface area contributed by atoms with Crippen molar-refractivity contribution in [2.45, 2.75) is 25.3 Å². The van der Waals surface area contributed by atoms with E-state index in [1.807, 2.05) is 0 Å². The van der Waals surface area contributed by atoms with Gasteiger partial charge in [-0.05, 0) is 18.6 Å². The second-order valence-corrected chi connectivity index (χ2v) is 8.03. The lowest BCUT2D eigenvalue weighted by Gasteiger charge is -2.23. The van der Waals surface area contributed by atoms with Crippen LogP contribution in [0.5, 0.6) is 0 Å². The van der Waals surface area contributed by atoms with E-state index in [9.17, 15) is 13.2 Å². The number of hydrogen-bond donors (Lipinski definition) is 0. The number of pyridine rings is 1. The van der Waals surface area contributed by atoms with Gasteiger partial charge in [0.1, 0.15) is 0 Å². The molecule has 3 heterocycles. The lowest BCUT2D eigenvalue weighted by atomic mass is 10.2. The van der Waals surface area contributed by atoms with Gasteiger partial charge < -0.3 is 9.32 Å². The number of aryl methyl sites for hydroxylation is 1. The van der Waals surface area contributed by atoms with Crippen molar-refractivity contribution in [3.8, 4) is 11.5 Å². The van der Waals surface area contributed by atoms with E-state index in [0.29, 0.717) is 24.6 Å². The Morgan fingerprint density at radius 2 is 2.08 bits per heavy atom. The molecule has 128 valence electrons. The molecule has 3 rings (SSSR count). The van der Waals surface area contributed by atoms with E-state index in [0.717, 1.165) is 5.56 Å². The van der Waals surface area contributed by atoms with Gasteiger partial charge in [-0.3, -0.25) is 9.78 Å². The number of carbonyl (C=O) groups excluding carboxylic acids is 1. The van der Waals surface area contributed by atoms with Crippen molar-refractivity contribution in [3.05, 3.63) is 30.4 Å². The van der Waals surface area contributed by atoms with E-state index in [1.54, 1.807) is 31.6 Å². The lowest BCUT2D eigenvalue weighted by Crippen LogP contribution is -2.37. The Kier molecular flexibility index (Phi) is 4.61. The maximum atomic E-state index is 12.2. The Bertz CT molecular complexity index is 819. The average Bonchev–Trinajstić information content (AvgIpc) is 3.19. The number of hydrogen-bond acceptors (Lipinski definition) is 7. The molecular formula is C15H18N4O4S. The summed E-state index contributed by atoms with van der Waals surface area (Å²) in [7, 11) is -1.37. The zero-order valence-electron chi connectivity index (χ0n) is 13.3. The molecule has 1 amide bonds. The summed E-state index contributed by atoms with van der Waals surface area (Å²) < 4.78 is 28.6. The first-order valence-electron chi connectivity index (χ1n) is 7.63. The van der Waals surface area contributed by atoms with Crippen LogP contribution in [0.25, 0.3) is 11.5 Å². The van der Waals surface area contributed by atoms with E-state index in [-0.39, 0.29) is 29.9 Å². The Morgan fingerprint density at radius 3 is 2.75 bits per heavy atom. The molecule has 1 fully saturated rings. The third kappa shape index (κ3) is 3.78. The molecule has 0 spiro atoms. The second kappa shape index (κ2) is 6.68. The smallest absolute Gasteiger partial charge is 0.247 e. The number of carbonyl (C=O) groups is 1. The molecular weight excluding hydrogens is 332 g/mol. The summed E-state index contributed by atoms with van der Waals surface area (Å²) in [5.74, 6) is 0.828. The summed E-state index contributed by atoms with van der Waals surface area (Å²) in [6.45, 7) is 0. The minimum Gasteiger partial charge on any atom is -0.421 e. The summed E-state index contributed by atoms with van der Waals surface area (Å²) in [6, 6.07) is 3.28. The molecule has 8 nitrogen and oxygen atoms in total. The minimum absolute atomic E-state index is 0.0436. The first-order valence-corrected chi connectivity index (χ1v) is 9.45. The summed E-state index contributed by atoms with van der Waals surface area (Å²) in [6.07, 6.45) is 4.28. The van der Waals surface area contributed by atoms with Crippen molar-refractivity contribution in [3.63, 3.8) is 0 Å². The van der Waals surface area contributed by atoms with Crippen LogP contribution in [0.2, 0.25) is 0 Å². The number of nitrogens with zero attached hydrogens (tertiary/aromatic N) is 4. The van der Waals surface area contributed by atoms with Gasteiger partial charge in [0.15, 0.2) is 9.84 Å². The van der Waals surface area contributed by atoms with Crippen LogP contribution in [0.3, 0.4) is 0 Å². The SMILES string of the molecule is CN(C(=O)CCc1nnc(-c2ccncc2)o1)C1CCS(=O)(=O)C1. The molecule has 1 aliphatic heterocycles. The first kappa shape index (κ1) is 16.6. The highest BCUT2D eigenvalue weighted by molar-refractivity contribution is 7.91. The Balaban J connectivity index is 1.56. The van der Waals surface area contributed by atoms with Gasteiger partial charge in [-0.25, -0.2) is 8.42 Å². The van der Waals surface area contributed by atoms with Crippen LogP contribution in [0.4, 0.5) is 0 Å². The number of sulfone groups is 1.